The van der Waals surface area contributed by atoms with E-state index < -0.39 is 6.10 Å². The van der Waals surface area contributed by atoms with Crippen LogP contribution in [-0.4, -0.2) is 21.8 Å². The van der Waals surface area contributed by atoms with E-state index >= 15 is 0 Å². The SMILES string of the molecule is OCCCC(O)c1nc2cc[c]cc2s1. The zero-order valence-corrected chi connectivity index (χ0v) is 9.00. The lowest BCUT2D eigenvalue weighted by molar-refractivity contribution is 0.151. The van der Waals surface area contributed by atoms with Crippen LogP contribution in [0.15, 0.2) is 18.2 Å². The number of aromatic nitrogens is 1. The van der Waals surface area contributed by atoms with Crippen LogP contribution >= 0.6 is 11.3 Å². The number of aliphatic hydroxyl groups is 2. The van der Waals surface area contributed by atoms with Gasteiger partial charge in [0.1, 0.15) is 11.1 Å². The van der Waals surface area contributed by atoms with Crippen molar-refractivity contribution in [3.63, 3.8) is 0 Å². The number of aliphatic hydroxyl groups excluding tert-OH is 2. The summed E-state index contributed by atoms with van der Waals surface area (Å²) in [5, 5.41) is 19.2. The molecule has 1 atom stereocenters. The number of fused-ring (bicyclic) bond motifs is 1. The highest BCUT2D eigenvalue weighted by atomic mass is 32.1. The number of rotatable bonds is 4. The van der Waals surface area contributed by atoms with Gasteiger partial charge in [0.15, 0.2) is 0 Å². The second kappa shape index (κ2) is 4.70. The molecule has 79 valence electrons. The molecule has 1 aromatic carbocycles. The standard InChI is InChI=1S/C11H12NO2S/c13-7-3-5-9(14)11-12-8-4-1-2-6-10(8)15-11/h1,4,6,9,13-14H,3,5,7H2. The van der Waals surface area contributed by atoms with Crippen LogP contribution in [-0.2, 0) is 0 Å². The zero-order chi connectivity index (χ0) is 10.7. The molecule has 2 rings (SSSR count). The Morgan fingerprint density at radius 3 is 3.13 bits per heavy atom. The topological polar surface area (TPSA) is 53.4 Å². The lowest BCUT2D eigenvalue weighted by Gasteiger charge is -2.04. The first-order valence-corrected chi connectivity index (χ1v) is 5.68. The van der Waals surface area contributed by atoms with Gasteiger partial charge in [0.25, 0.3) is 0 Å². The zero-order valence-electron chi connectivity index (χ0n) is 8.18. The maximum absolute atomic E-state index is 9.78. The summed E-state index contributed by atoms with van der Waals surface area (Å²) < 4.78 is 1.04. The van der Waals surface area contributed by atoms with Gasteiger partial charge in [-0.1, -0.05) is 6.07 Å². The Hall–Kier alpha value is -0.970. The summed E-state index contributed by atoms with van der Waals surface area (Å²) in [6, 6.07) is 8.54. The summed E-state index contributed by atoms with van der Waals surface area (Å²) in [7, 11) is 0. The van der Waals surface area contributed by atoms with Crippen LogP contribution < -0.4 is 0 Å². The highest BCUT2D eigenvalue weighted by Crippen LogP contribution is 2.28. The molecule has 1 aromatic heterocycles. The largest absolute Gasteiger partial charge is 0.396 e. The predicted molar refractivity (Wildman–Crippen MR) is 59.7 cm³/mol. The molecule has 4 heteroatoms. The average Bonchev–Trinajstić information content (AvgIpc) is 2.69. The number of hydrogen-bond acceptors (Lipinski definition) is 4. The molecular formula is C11H12NO2S. The van der Waals surface area contributed by atoms with Crippen molar-refractivity contribution in [2.75, 3.05) is 6.61 Å². The Kier molecular flexibility index (Phi) is 3.30. The molecule has 0 saturated heterocycles. The highest BCUT2D eigenvalue weighted by molar-refractivity contribution is 7.18. The Bertz CT molecular complexity index is 408. The summed E-state index contributed by atoms with van der Waals surface area (Å²) in [5.74, 6) is 0. The minimum atomic E-state index is -0.561. The van der Waals surface area contributed by atoms with Crippen molar-refractivity contribution < 1.29 is 10.2 Å². The summed E-state index contributed by atoms with van der Waals surface area (Å²) in [4.78, 5) is 4.33. The first kappa shape index (κ1) is 10.5. The van der Waals surface area contributed by atoms with Gasteiger partial charge in [-0.15, -0.1) is 11.3 Å². The van der Waals surface area contributed by atoms with Crippen LogP contribution in [0.2, 0.25) is 0 Å². The monoisotopic (exact) mass is 222 g/mol. The van der Waals surface area contributed by atoms with Crippen molar-refractivity contribution >= 4 is 21.6 Å². The van der Waals surface area contributed by atoms with Crippen LogP contribution in [0.4, 0.5) is 0 Å². The van der Waals surface area contributed by atoms with E-state index in [0.717, 1.165) is 15.2 Å². The Balaban J connectivity index is 2.20. The molecule has 3 nitrogen and oxygen atoms in total. The second-order valence-corrected chi connectivity index (χ2v) is 4.39. The molecule has 0 aliphatic rings. The number of nitrogens with zero attached hydrogens (tertiary/aromatic N) is 1. The van der Waals surface area contributed by atoms with Gasteiger partial charge in [-0.2, -0.15) is 0 Å². The van der Waals surface area contributed by atoms with E-state index in [0.29, 0.717) is 12.8 Å². The molecule has 1 heterocycles. The molecule has 0 fully saturated rings. The smallest absolute Gasteiger partial charge is 0.122 e. The molecule has 0 amide bonds. The Morgan fingerprint density at radius 2 is 2.40 bits per heavy atom. The van der Waals surface area contributed by atoms with Crippen LogP contribution in [0.3, 0.4) is 0 Å². The molecule has 0 spiro atoms. The van der Waals surface area contributed by atoms with Crippen LogP contribution in [0.25, 0.3) is 10.2 Å². The maximum Gasteiger partial charge on any atom is 0.122 e. The second-order valence-electron chi connectivity index (χ2n) is 3.33. The van der Waals surface area contributed by atoms with E-state index in [1.54, 1.807) is 0 Å². The molecule has 0 saturated carbocycles. The van der Waals surface area contributed by atoms with Gasteiger partial charge >= 0.3 is 0 Å². The molecule has 0 bridgehead atoms. The normalized spacial score (nSPS) is 13.2. The van der Waals surface area contributed by atoms with Gasteiger partial charge < -0.3 is 10.2 Å². The lowest BCUT2D eigenvalue weighted by Crippen LogP contribution is -1.97. The fraction of sp³-hybridized carbons (Fsp3) is 0.364. The third-order valence-corrected chi connectivity index (χ3v) is 3.29. The van der Waals surface area contributed by atoms with E-state index in [9.17, 15) is 5.11 Å². The predicted octanol–water partition coefficient (Wildman–Crippen LogP) is 1.90. The van der Waals surface area contributed by atoms with Crippen molar-refractivity contribution in [2.45, 2.75) is 18.9 Å². The summed E-state index contributed by atoms with van der Waals surface area (Å²) >= 11 is 1.48. The molecule has 1 unspecified atom stereocenters. The maximum atomic E-state index is 9.78. The third kappa shape index (κ3) is 2.34. The van der Waals surface area contributed by atoms with E-state index in [1.165, 1.54) is 11.3 Å². The first-order valence-electron chi connectivity index (χ1n) is 4.86. The fourth-order valence-corrected chi connectivity index (χ4v) is 2.35. The van der Waals surface area contributed by atoms with Crippen molar-refractivity contribution in [1.29, 1.82) is 0 Å². The van der Waals surface area contributed by atoms with Crippen molar-refractivity contribution in [1.82, 2.24) is 4.98 Å². The third-order valence-electron chi connectivity index (χ3n) is 2.17. The molecule has 0 aliphatic carbocycles. The summed E-state index contributed by atoms with van der Waals surface area (Å²) in [6.07, 6.45) is 0.595. The first-order chi connectivity index (χ1) is 7.31. The minimum absolute atomic E-state index is 0.107. The van der Waals surface area contributed by atoms with Gasteiger partial charge in [0, 0.05) is 6.61 Å². The Morgan fingerprint density at radius 1 is 1.53 bits per heavy atom. The van der Waals surface area contributed by atoms with Crippen LogP contribution in [0.1, 0.15) is 24.0 Å². The molecule has 15 heavy (non-hydrogen) atoms. The van der Waals surface area contributed by atoms with Gasteiger partial charge in [-0.25, -0.2) is 4.98 Å². The molecule has 0 aliphatic heterocycles. The molecule has 2 N–H and O–H groups in total. The molecular weight excluding hydrogens is 210 g/mol. The Labute approximate surface area is 92.0 Å². The van der Waals surface area contributed by atoms with Crippen molar-refractivity contribution in [2.24, 2.45) is 0 Å². The molecule has 1 radical (unpaired) electrons. The van der Waals surface area contributed by atoms with Crippen LogP contribution in [0.5, 0.6) is 0 Å². The van der Waals surface area contributed by atoms with Crippen LogP contribution in [0, 0.1) is 6.07 Å². The quantitative estimate of drug-likeness (QED) is 0.830. The van der Waals surface area contributed by atoms with Crippen molar-refractivity contribution in [3.05, 3.63) is 29.3 Å². The fourth-order valence-electron chi connectivity index (χ4n) is 1.39. The number of benzene rings is 1. The average molecular weight is 222 g/mol. The highest BCUT2D eigenvalue weighted by Gasteiger charge is 2.12. The number of thiazole rings is 1. The van der Waals surface area contributed by atoms with Gasteiger partial charge in [0.2, 0.25) is 0 Å². The summed E-state index contributed by atoms with van der Waals surface area (Å²) in [5.41, 5.74) is 0.900. The van der Waals surface area contributed by atoms with E-state index in [-0.39, 0.29) is 6.61 Å². The minimum Gasteiger partial charge on any atom is -0.396 e. The van der Waals surface area contributed by atoms with E-state index in [4.69, 9.17) is 5.11 Å². The summed E-state index contributed by atoms with van der Waals surface area (Å²) in [6.45, 7) is 0.107. The van der Waals surface area contributed by atoms with E-state index in [2.05, 4.69) is 11.1 Å². The van der Waals surface area contributed by atoms with Gasteiger partial charge in [0.05, 0.1) is 10.2 Å². The van der Waals surface area contributed by atoms with Gasteiger partial charge in [-0.05, 0) is 31.0 Å². The van der Waals surface area contributed by atoms with E-state index in [1.807, 2.05) is 18.2 Å². The molecule has 2 aromatic rings. The van der Waals surface area contributed by atoms with Crippen molar-refractivity contribution in [3.8, 4) is 0 Å². The lowest BCUT2D eigenvalue weighted by atomic mass is 10.2. The van der Waals surface area contributed by atoms with Gasteiger partial charge in [-0.3, -0.25) is 0 Å². The number of hydrogen-bond donors (Lipinski definition) is 2.